The monoisotopic (exact) mass is 397 g/mol. The Morgan fingerprint density at radius 3 is 2.29 bits per heavy atom. The highest BCUT2D eigenvalue weighted by molar-refractivity contribution is 6.29. The van der Waals surface area contributed by atoms with Gasteiger partial charge in [0.05, 0.1) is 0 Å². The molecule has 0 saturated carbocycles. The molecule has 28 heavy (non-hydrogen) atoms. The second-order valence-electron chi connectivity index (χ2n) is 6.67. The van der Waals surface area contributed by atoms with Crippen molar-refractivity contribution in [3.05, 3.63) is 71.8 Å². The van der Waals surface area contributed by atoms with Crippen LogP contribution >= 0.6 is 11.6 Å². The number of nitrogens with one attached hydrogen (secondary N) is 1. The summed E-state index contributed by atoms with van der Waals surface area (Å²) >= 11 is 5.48. The lowest BCUT2D eigenvalue weighted by Gasteiger charge is -2.34. The van der Waals surface area contributed by atoms with Crippen molar-refractivity contribution in [3.8, 4) is 0 Å². The maximum absolute atomic E-state index is 12.7. The van der Waals surface area contributed by atoms with Gasteiger partial charge in [-0.05, 0) is 29.8 Å². The number of amides is 2. The molecule has 3 rings (SSSR count). The summed E-state index contributed by atoms with van der Waals surface area (Å²) in [5.41, 5.74) is 2.46. The number of nitrogens with zero attached hydrogens (tertiary/aromatic N) is 2. The molecule has 0 aliphatic carbocycles. The fourth-order valence-electron chi connectivity index (χ4n) is 3.11. The van der Waals surface area contributed by atoms with Crippen LogP contribution in [0, 0.1) is 0 Å². The highest BCUT2D eigenvalue weighted by atomic mass is 35.5. The second-order valence-corrected chi connectivity index (χ2v) is 6.93. The van der Waals surface area contributed by atoms with Crippen LogP contribution in [0.3, 0.4) is 0 Å². The first-order chi connectivity index (χ1) is 13.7. The molecule has 1 fully saturated rings. The van der Waals surface area contributed by atoms with Crippen LogP contribution < -0.4 is 5.32 Å². The van der Waals surface area contributed by atoms with E-state index in [2.05, 4.69) is 34.5 Å². The van der Waals surface area contributed by atoms with Gasteiger partial charge >= 0.3 is 0 Å². The Bertz CT molecular complexity index is 813. The van der Waals surface area contributed by atoms with E-state index in [0.717, 1.165) is 19.6 Å². The Kier molecular flexibility index (Phi) is 7.23. The molecule has 5 nitrogen and oxygen atoms in total. The molecular formula is C22H24ClN3O2. The third-order valence-electron chi connectivity index (χ3n) is 4.67. The van der Waals surface area contributed by atoms with Gasteiger partial charge in [0, 0.05) is 44.0 Å². The average Bonchev–Trinajstić information content (AvgIpc) is 2.75. The van der Waals surface area contributed by atoms with E-state index in [0.29, 0.717) is 24.3 Å². The van der Waals surface area contributed by atoms with Gasteiger partial charge in [0.25, 0.3) is 5.91 Å². The lowest BCUT2D eigenvalue weighted by Crippen LogP contribution is -2.48. The van der Waals surface area contributed by atoms with E-state index in [1.807, 2.05) is 23.1 Å². The number of carbonyl (C=O) groups excluding carboxylic acids is 2. The molecule has 6 heteroatoms. The van der Waals surface area contributed by atoms with Crippen LogP contribution in [0.15, 0.2) is 60.7 Å². The normalized spacial score (nSPS) is 15.0. The Balaban J connectivity index is 1.47. The van der Waals surface area contributed by atoms with Crippen molar-refractivity contribution in [2.45, 2.75) is 0 Å². The summed E-state index contributed by atoms with van der Waals surface area (Å²) in [6.45, 7) is 4.01. The molecule has 2 aromatic rings. The Morgan fingerprint density at radius 1 is 0.964 bits per heavy atom. The molecule has 0 aromatic heterocycles. The zero-order chi connectivity index (χ0) is 19.8. The third kappa shape index (κ3) is 5.68. The van der Waals surface area contributed by atoms with Crippen LogP contribution in [-0.4, -0.2) is 60.2 Å². The predicted octanol–water partition coefficient (Wildman–Crippen LogP) is 3.34. The number of rotatable bonds is 6. The number of halogens is 1. The number of alkyl halides is 1. The van der Waals surface area contributed by atoms with E-state index in [4.69, 9.17) is 11.6 Å². The summed E-state index contributed by atoms with van der Waals surface area (Å²) in [7, 11) is 0. The first-order valence-electron chi connectivity index (χ1n) is 9.35. The zero-order valence-corrected chi connectivity index (χ0v) is 16.4. The molecule has 1 N–H and O–H groups in total. The van der Waals surface area contributed by atoms with E-state index < -0.39 is 0 Å². The van der Waals surface area contributed by atoms with E-state index in [9.17, 15) is 9.59 Å². The van der Waals surface area contributed by atoms with Gasteiger partial charge < -0.3 is 10.2 Å². The first kappa shape index (κ1) is 20.1. The molecule has 0 bridgehead atoms. The van der Waals surface area contributed by atoms with E-state index in [1.165, 1.54) is 5.56 Å². The zero-order valence-electron chi connectivity index (χ0n) is 15.7. The Morgan fingerprint density at radius 2 is 1.64 bits per heavy atom. The van der Waals surface area contributed by atoms with Crippen molar-refractivity contribution in [2.75, 3.05) is 43.9 Å². The third-order valence-corrected chi connectivity index (χ3v) is 4.91. The largest absolute Gasteiger partial charge is 0.336 e. The molecule has 146 valence electrons. The molecule has 0 spiro atoms. The summed E-state index contributed by atoms with van der Waals surface area (Å²) in [5, 5.41) is 2.67. The van der Waals surface area contributed by atoms with Crippen LogP contribution in [0.1, 0.15) is 15.9 Å². The number of anilines is 1. The maximum Gasteiger partial charge on any atom is 0.253 e. The standard InChI is InChI=1S/C22H24ClN3O2/c23-17-21(27)24-20-10-8-19(9-11-20)22(28)26-15-13-25(14-16-26)12-4-7-18-5-2-1-3-6-18/h1-11H,12-17H2,(H,24,27)/b7-4+. The van der Waals surface area contributed by atoms with Gasteiger partial charge in [-0.1, -0.05) is 42.5 Å². The SMILES string of the molecule is O=C(CCl)Nc1ccc(C(=O)N2CCN(C/C=C/c3ccccc3)CC2)cc1. The van der Waals surface area contributed by atoms with Crippen LogP contribution in [0.25, 0.3) is 6.08 Å². The minimum absolute atomic E-state index is 0.0229. The van der Waals surface area contributed by atoms with Gasteiger partial charge in [0.1, 0.15) is 5.88 Å². The molecule has 1 heterocycles. The van der Waals surface area contributed by atoms with Crippen molar-refractivity contribution in [1.29, 1.82) is 0 Å². The summed E-state index contributed by atoms with van der Waals surface area (Å²) in [4.78, 5) is 28.2. The van der Waals surface area contributed by atoms with Crippen LogP contribution in [0.2, 0.25) is 0 Å². The topological polar surface area (TPSA) is 52.7 Å². The van der Waals surface area contributed by atoms with Gasteiger partial charge in [0.15, 0.2) is 0 Å². The summed E-state index contributed by atoms with van der Waals surface area (Å²) < 4.78 is 0. The van der Waals surface area contributed by atoms with Gasteiger partial charge in [-0.15, -0.1) is 11.6 Å². The van der Waals surface area contributed by atoms with E-state index in [-0.39, 0.29) is 17.7 Å². The Hall–Kier alpha value is -2.63. The molecule has 2 amide bonds. The van der Waals surface area contributed by atoms with Crippen LogP contribution in [0.5, 0.6) is 0 Å². The number of hydrogen-bond acceptors (Lipinski definition) is 3. The minimum Gasteiger partial charge on any atom is -0.336 e. The van der Waals surface area contributed by atoms with Gasteiger partial charge in [0.2, 0.25) is 5.91 Å². The molecule has 1 aliphatic rings. The highest BCUT2D eigenvalue weighted by Gasteiger charge is 2.21. The van der Waals surface area contributed by atoms with Crippen LogP contribution in [0.4, 0.5) is 5.69 Å². The molecule has 1 aliphatic heterocycles. The number of carbonyl (C=O) groups is 2. The highest BCUT2D eigenvalue weighted by Crippen LogP contribution is 2.13. The van der Waals surface area contributed by atoms with Crippen molar-refractivity contribution in [1.82, 2.24) is 9.80 Å². The molecule has 2 aromatic carbocycles. The van der Waals surface area contributed by atoms with Gasteiger partial charge in [-0.3, -0.25) is 14.5 Å². The number of hydrogen-bond donors (Lipinski definition) is 1. The average molecular weight is 398 g/mol. The van der Waals surface area contributed by atoms with Crippen molar-refractivity contribution in [2.24, 2.45) is 0 Å². The lowest BCUT2D eigenvalue weighted by molar-refractivity contribution is -0.113. The molecule has 0 unspecified atom stereocenters. The fourth-order valence-corrected chi connectivity index (χ4v) is 3.18. The predicted molar refractivity (Wildman–Crippen MR) is 114 cm³/mol. The van der Waals surface area contributed by atoms with Gasteiger partial charge in [-0.25, -0.2) is 0 Å². The van der Waals surface area contributed by atoms with Crippen molar-refractivity contribution < 1.29 is 9.59 Å². The maximum atomic E-state index is 12.7. The number of benzene rings is 2. The van der Waals surface area contributed by atoms with E-state index >= 15 is 0 Å². The Labute approximate surface area is 170 Å². The smallest absolute Gasteiger partial charge is 0.253 e. The molecule has 0 atom stereocenters. The van der Waals surface area contributed by atoms with Crippen LogP contribution in [-0.2, 0) is 4.79 Å². The summed E-state index contributed by atoms with van der Waals surface area (Å²) in [5.74, 6) is -0.334. The number of piperazine rings is 1. The lowest BCUT2D eigenvalue weighted by atomic mass is 10.1. The van der Waals surface area contributed by atoms with Gasteiger partial charge in [-0.2, -0.15) is 0 Å². The first-order valence-corrected chi connectivity index (χ1v) is 9.88. The quantitative estimate of drug-likeness (QED) is 0.760. The second kappa shape index (κ2) is 10.1. The summed E-state index contributed by atoms with van der Waals surface area (Å²) in [6.07, 6.45) is 4.29. The summed E-state index contributed by atoms with van der Waals surface area (Å²) in [6, 6.07) is 17.2. The van der Waals surface area contributed by atoms with Crippen molar-refractivity contribution >= 4 is 35.2 Å². The minimum atomic E-state index is -0.266. The molecule has 1 saturated heterocycles. The van der Waals surface area contributed by atoms with E-state index in [1.54, 1.807) is 24.3 Å². The van der Waals surface area contributed by atoms with Crippen molar-refractivity contribution in [3.63, 3.8) is 0 Å². The fraction of sp³-hybridized carbons (Fsp3) is 0.273. The molecule has 0 radical (unpaired) electrons. The molecular weight excluding hydrogens is 374 g/mol.